The summed E-state index contributed by atoms with van der Waals surface area (Å²) in [6.07, 6.45) is -1.41. The predicted octanol–water partition coefficient (Wildman–Crippen LogP) is 4.50. The van der Waals surface area contributed by atoms with E-state index in [1.807, 2.05) is 13.0 Å². The fourth-order valence-electron chi connectivity index (χ4n) is 5.30. The molecule has 2 atom stereocenters. The van der Waals surface area contributed by atoms with E-state index in [9.17, 15) is 22.8 Å². The van der Waals surface area contributed by atoms with Crippen LogP contribution in [0.15, 0.2) is 36.4 Å². The first-order chi connectivity index (χ1) is 17.1. The molecule has 2 aromatic rings. The van der Waals surface area contributed by atoms with Crippen molar-refractivity contribution in [1.29, 1.82) is 0 Å². The third-order valence-corrected chi connectivity index (χ3v) is 7.47. The van der Waals surface area contributed by atoms with Crippen molar-refractivity contribution < 1.29 is 27.5 Å². The van der Waals surface area contributed by atoms with E-state index in [-0.39, 0.29) is 36.1 Å². The number of alkyl halides is 3. The number of piperazine rings is 1. The first-order valence-electron chi connectivity index (χ1n) is 12.3. The third-order valence-electron chi connectivity index (χ3n) is 7.47. The Morgan fingerprint density at radius 3 is 2.42 bits per heavy atom. The quantitative estimate of drug-likeness (QED) is 0.653. The molecule has 2 heterocycles. The van der Waals surface area contributed by atoms with Gasteiger partial charge in [-0.1, -0.05) is 6.07 Å². The SMILES string of the molecule is CNC(=O)COc1ccc([C@H]2CCC[C@H]3CN(C(=O)c4ccc(C(F)(F)F)cc4)CCN32)c(C)c1C. The molecule has 0 aliphatic carbocycles. The van der Waals surface area contributed by atoms with Crippen LogP contribution in [0.5, 0.6) is 5.75 Å². The van der Waals surface area contributed by atoms with Crippen LogP contribution >= 0.6 is 0 Å². The van der Waals surface area contributed by atoms with Crippen molar-refractivity contribution in [2.24, 2.45) is 0 Å². The van der Waals surface area contributed by atoms with Gasteiger partial charge in [-0.25, -0.2) is 0 Å². The molecule has 2 saturated heterocycles. The Morgan fingerprint density at radius 1 is 1.03 bits per heavy atom. The zero-order chi connectivity index (χ0) is 26.0. The number of rotatable bonds is 5. The van der Waals surface area contributed by atoms with E-state index < -0.39 is 11.7 Å². The van der Waals surface area contributed by atoms with Gasteiger partial charge in [0.25, 0.3) is 11.8 Å². The first kappa shape index (κ1) is 26.0. The third kappa shape index (κ3) is 5.36. The molecule has 0 saturated carbocycles. The summed E-state index contributed by atoms with van der Waals surface area (Å²) in [6.45, 7) is 5.83. The van der Waals surface area contributed by atoms with Crippen molar-refractivity contribution in [3.63, 3.8) is 0 Å². The van der Waals surface area contributed by atoms with Crippen LogP contribution in [0.4, 0.5) is 13.2 Å². The lowest BCUT2D eigenvalue weighted by Crippen LogP contribution is -2.57. The molecular weight excluding hydrogens is 471 g/mol. The van der Waals surface area contributed by atoms with Crippen LogP contribution in [-0.2, 0) is 11.0 Å². The number of carbonyl (C=O) groups excluding carboxylic acids is 2. The highest BCUT2D eigenvalue weighted by Crippen LogP contribution is 2.39. The smallest absolute Gasteiger partial charge is 0.416 e. The van der Waals surface area contributed by atoms with Gasteiger partial charge in [0.1, 0.15) is 5.75 Å². The minimum absolute atomic E-state index is 0.0312. The van der Waals surface area contributed by atoms with Gasteiger partial charge in [-0.3, -0.25) is 14.5 Å². The summed E-state index contributed by atoms with van der Waals surface area (Å²) in [5, 5.41) is 2.55. The summed E-state index contributed by atoms with van der Waals surface area (Å²) in [4.78, 5) is 28.8. The van der Waals surface area contributed by atoms with Gasteiger partial charge < -0.3 is 15.0 Å². The fraction of sp³-hybridized carbons (Fsp3) is 0.481. The number of carbonyl (C=O) groups is 2. The molecule has 0 spiro atoms. The molecule has 0 bridgehead atoms. The predicted molar refractivity (Wildman–Crippen MR) is 130 cm³/mol. The summed E-state index contributed by atoms with van der Waals surface area (Å²) in [5.74, 6) is 0.282. The Morgan fingerprint density at radius 2 is 1.75 bits per heavy atom. The van der Waals surface area contributed by atoms with Crippen molar-refractivity contribution >= 4 is 11.8 Å². The van der Waals surface area contributed by atoms with Gasteiger partial charge in [0.2, 0.25) is 0 Å². The highest BCUT2D eigenvalue weighted by molar-refractivity contribution is 5.94. The van der Waals surface area contributed by atoms with Crippen LogP contribution in [0.25, 0.3) is 0 Å². The number of hydrogen-bond donors (Lipinski definition) is 1. The summed E-state index contributed by atoms with van der Waals surface area (Å²) in [7, 11) is 1.57. The molecule has 9 heteroatoms. The van der Waals surface area contributed by atoms with Gasteiger partial charge >= 0.3 is 6.18 Å². The van der Waals surface area contributed by atoms with Crippen LogP contribution in [0.3, 0.4) is 0 Å². The molecular formula is C27H32F3N3O3. The average Bonchev–Trinajstić information content (AvgIpc) is 2.88. The number of likely N-dealkylation sites (N-methyl/N-ethyl adjacent to an activating group) is 1. The topological polar surface area (TPSA) is 61.9 Å². The van der Waals surface area contributed by atoms with Crippen molar-refractivity contribution in [1.82, 2.24) is 15.1 Å². The van der Waals surface area contributed by atoms with E-state index in [1.54, 1.807) is 11.9 Å². The van der Waals surface area contributed by atoms with Gasteiger partial charge in [-0.2, -0.15) is 13.2 Å². The van der Waals surface area contributed by atoms with Crippen LogP contribution < -0.4 is 10.1 Å². The molecule has 2 fully saturated rings. The van der Waals surface area contributed by atoms with E-state index in [0.29, 0.717) is 25.4 Å². The number of fused-ring (bicyclic) bond motifs is 1. The number of benzene rings is 2. The minimum Gasteiger partial charge on any atom is -0.483 e. The number of hydrogen-bond acceptors (Lipinski definition) is 4. The van der Waals surface area contributed by atoms with Gasteiger partial charge in [0, 0.05) is 44.3 Å². The van der Waals surface area contributed by atoms with Gasteiger partial charge in [0.15, 0.2) is 6.61 Å². The minimum atomic E-state index is -4.42. The lowest BCUT2D eigenvalue weighted by Gasteiger charge is -2.48. The molecule has 4 rings (SSSR count). The van der Waals surface area contributed by atoms with E-state index in [1.165, 1.54) is 17.7 Å². The summed E-state index contributed by atoms with van der Waals surface area (Å²) < 4.78 is 44.3. The number of nitrogens with one attached hydrogen (secondary N) is 1. The van der Waals surface area contributed by atoms with Crippen molar-refractivity contribution in [2.75, 3.05) is 33.3 Å². The van der Waals surface area contributed by atoms with Gasteiger partial charge in [-0.15, -0.1) is 0 Å². The van der Waals surface area contributed by atoms with Crippen LogP contribution in [0, 0.1) is 13.8 Å². The Labute approximate surface area is 209 Å². The molecule has 194 valence electrons. The maximum Gasteiger partial charge on any atom is 0.416 e. The number of piperidine rings is 1. The van der Waals surface area contributed by atoms with E-state index in [2.05, 4.69) is 23.2 Å². The molecule has 0 aromatic heterocycles. The average molecular weight is 504 g/mol. The number of ether oxygens (including phenoxy) is 1. The summed E-state index contributed by atoms with van der Waals surface area (Å²) in [5.41, 5.74) is 2.90. The standard InChI is InChI=1S/C27H32F3N3O3/c1-17-18(2)24(36-16-25(34)31-3)12-11-22(17)23-6-4-5-21-15-32(13-14-33(21)23)26(35)19-7-9-20(10-8-19)27(28,29)30/h7-12,21,23H,4-6,13-16H2,1-3H3,(H,31,34)/t21-,23+/m0/s1. The maximum absolute atomic E-state index is 13.0. The van der Waals surface area contributed by atoms with Crippen LogP contribution in [0.1, 0.15) is 57.9 Å². The number of nitrogens with zero attached hydrogens (tertiary/aromatic N) is 2. The molecule has 36 heavy (non-hydrogen) atoms. The van der Waals surface area contributed by atoms with Crippen molar-refractivity contribution in [3.05, 3.63) is 64.2 Å². The zero-order valence-corrected chi connectivity index (χ0v) is 20.8. The fourth-order valence-corrected chi connectivity index (χ4v) is 5.30. The Kier molecular flexibility index (Phi) is 7.59. The van der Waals surface area contributed by atoms with E-state index in [0.717, 1.165) is 42.5 Å². The second-order valence-corrected chi connectivity index (χ2v) is 9.53. The molecule has 6 nitrogen and oxygen atoms in total. The van der Waals surface area contributed by atoms with E-state index in [4.69, 9.17) is 4.74 Å². The Hall–Kier alpha value is -3.07. The Bertz CT molecular complexity index is 1120. The highest BCUT2D eigenvalue weighted by atomic mass is 19.4. The molecule has 2 aromatic carbocycles. The molecule has 2 aliphatic rings. The number of amides is 2. The molecule has 1 N–H and O–H groups in total. The normalized spacial score (nSPS) is 20.6. The monoisotopic (exact) mass is 503 g/mol. The van der Waals surface area contributed by atoms with Crippen LogP contribution in [0.2, 0.25) is 0 Å². The van der Waals surface area contributed by atoms with Crippen LogP contribution in [-0.4, -0.2) is 60.9 Å². The van der Waals surface area contributed by atoms with Crippen molar-refractivity contribution in [3.8, 4) is 5.75 Å². The maximum atomic E-state index is 13.0. The molecule has 2 amide bonds. The van der Waals surface area contributed by atoms with Gasteiger partial charge in [-0.05, 0) is 80.1 Å². The summed E-state index contributed by atoms with van der Waals surface area (Å²) in [6, 6.07) is 8.88. The lowest BCUT2D eigenvalue weighted by atomic mass is 9.86. The molecule has 0 radical (unpaired) electrons. The second-order valence-electron chi connectivity index (χ2n) is 9.53. The highest BCUT2D eigenvalue weighted by Gasteiger charge is 2.38. The molecule has 2 aliphatic heterocycles. The zero-order valence-electron chi connectivity index (χ0n) is 20.8. The lowest BCUT2D eigenvalue weighted by molar-refractivity contribution is -0.137. The molecule has 0 unspecified atom stereocenters. The van der Waals surface area contributed by atoms with Crippen molar-refractivity contribution in [2.45, 2.75) is 51.4 Å². The second kappa shape index (κ2) is 10.5. The largest absolute Gasteiger partial charge is 0.483 e. The Balaban J connectivity index is 1.46. The van der Waals surface area contributed by atoms with E-state index >= 15 is 0 Å². The summed E-state index contributed by atoms with van der Waals surface area (Å²) >= 11 is 0. The number of halogens is 3. The van der Waals surface area contributed by atoms with Gasteiger partial charge in [0.05, 0.1) is 5.56 Å². The first-order valence-corrected chi connectivity index (χ1v) is 12.3.